The number of H-pyrrole nitrogens is 1. The zero-order valence-electron chi connectivity index (χ0n) is 10.2. The molecule has 0 aromatic carbocycles. The summed E-state index contributed by atoms with van der Waals surface area (Å²) in [6.07, 6.45) is 3.19. The van der Waals surface area contributed by atoms with E-state index in [2.05, 4.69) is 38.7 Å². The Morgan fingerprint density at radius 2 is 2.24 bits per heavy atom. The number of aromatic amines is 1. The third kappa shape index (κ3) is 2.36. The van der Waals surface area contributed by atoms with E-state index in [4.69, 9.17) is 5.73 Å². The Morgan fingerprint density at radius 3 is 2.94 bits per heavy atom. The zero-order chi connectivity index (χ0) is 12.3. The third-order valence-electron chi connectivity index (χ3n) is 2.82. The van der Waals surface area contributed by atoms with E-state index in [1.807, 2.05) is 0 Å². The second kappa shape index (κ2) is 5.09. The fourth-order valence-electron chi connectivity index (χ4n) is 1.81. The number of nitrogens with one attached hydrogen (secondary N) is 1. The molecule has 6 heteroatoms. The summed E-state index contributed by atoms with van der Waals surface area (Å²) >= 11 is 0. The lowest BCUT2D eigenvalue weighted by atomic mass is 10.1. The molecule has 0 amide bonds. The summed E-state index contributed by atoms with van der Waals surface area (Å²) in [4.78, 5) is 17.9. The highest BCUT2D eigenvalue weighted by Gasteiger charge is 2.14. The van der Waals surface area contributed by atoms with Crippen LogP contribution in [0.2, 0.25) is 0 Å². The van der Waals surface area contributed by atoms with Crippen LogP contribution in [0, 0.1) is 5.92 Å². The van der Waals surface area contributed by atoms with Crippen molar-refractivity contribution in [1.29, 1.82) is 0 Å². The van der Waals surface area contributed by atoms with E-state index in [1.165, 1.54) is 0 Å². The summed E-state index contributed by atoms with van der Waals surface area (Å²) < 4.78 is 0. The number of rotatable bonds is 5. The third-order valence-corrected chi connectivity index (χ3v) is 2.82. The normalized spacial score (nSPS) is 12.9. The summed E-state index contributed by atoms with van der Waals surface area (Å²) in [5.41, 5.74) is 7.26. The predicted molar refractivity (Wildman–Crippen MR) is 67.8 cm³/mol. The van der Waals surface area contributed by atoms with Crippen molar-refractivity contribution in [3.8, 4) is 0 Å². The van der Waals surface area contributed by atoms with Crippen LogP contribution >= 0.6 is 0 Å². The molecule has 1 atom stereocenters. The van der Waals surface area contributed by atoms with Gasteiger partial charge in [-0.2, -0.15) is 0 Å². The molecule has 2 aromatic rings. The van der Waals surface area contributed by atoms with Crippen molar-refractivity contribution >= 4 is 17.0 Å². The maximum absolute atomic E-state index is 5.67. The minimum atomic E-state index is 0.433. The van der Waals surface area contributed by atoms with Crippen LogP contribution in [0.15, 0.2) is 12.7 Å². The molecule has 0 bridgehead atoms. The molecule has 3 N–H and O–H groups in total. The molecule has 0 aliphatic rings. The standard InChI is InChI=1S/C11H18N6/c1-3-17(5-8(2)4-12)11-9-10(14-6-13-9)15-7-16-11/h6-8H,3-5,12H2,1-2H3,(H,13,14,15,16). The van der Waals surface area contributed by atoms with Crippen LogP contribution in [0.1, 0.15) is 13.8 Å². The number of fused-ring (bicyclic) bond motifs is 1. The number of hydrogen-bond donors (Lipinski definition) is 2. The molecule has 2 heterocycles. The molecule has 17 heavy (non-hydrogen) atoms. The molecule has 0 aliphatic carbocycles. The molecule has 0 aliphatic heterocycles. The number of nitrogens with zero attached hydrogens (tertiary/aromatic N) is 4. The molecule has 92 valence electrons. The Balaban J connectivity index is 2.32. The van der Waals surface area contributed by atoms with Gasteiger partial charge in [-0.05, 0) is 19.4 Å². The topological polar surface area (TPSA) is 83.7 Å². The Kier molecular flexibility index (Phi) is 3.53. The van der Waals surface area contributed by atoms with Gasteiger partial charge in [0.25, 0.3) is 0 Å². The van der Waals surface area contributed by atoms with Crippen LogP contribution in [-0.4, -0.2) is 39.6 Å². The van der Waals surface area contributed by atoms with Crippen LogP contribution in [0.3, 0.4) is 0 Å². The number of nitrogens with two attached hydrogens (primary N) is 1. The number of imidazole rings is 1. The minimum Gasteiger partial charge on any atom is -0.355 e. The van der Waals surface area contributed by atoms with Gasteiger partial charge in [-0.15, -0.1) is 0 Å². The van der Waals surface area contributed by atoms with Crippen molar-refractivity contribution < 1.29 is 0 Å². The first-order valence-electron chi connectivity index (χ1n) is 5.85. The highest BCUT2D eigenvalue weighted by Crippen LogP contribution is 2.20. The number of hydrogen-bond acceptors (Lipinski definition) is 5. The minimum absolute atomic E-state index is 0.433. The lowest BCUT2D eigenvalue weighted by molar-refractivity contribution is 0.573. The van der Waals surface area contributed by atoms with Crippen LogP contribution in [0.5, 0.6) is 0 Å². The van der Waals surface area contributed by atoms with Gasteiger partial charge in [-0.3, -0.25) is 0 Å². The second-order valence-corrected chi connectivity index (χ2v) is 4.18. The van der Waals surface area contributed by atoms with E-state index >= 15 is 0 Å². The summed E-state index contributed by atoms with van der Waals surface area (Å²) in [7, 11) is 0. The molecule has 0 saturated heterocycles. The van der Waals surface area contributed by atoms with Gasteiger partial charge in [0.15, 0.2) is 11.5 Å². The van der Waals surface area contributed by atoms with E-state index in [9.17, 15) is 0 Å². The van der Waals surface area contributed by atoms with Gasteiger partial charge in [0.2, 0.25) is 0 Å². The van der Waals surface area contributed by atoms with E-state index in [0.29, 0.717) is 18.1 Å². The Labute approximate surface area is 100 Å². The summed E-state index contributed by atoms with van der Waals surface area (Å²) in [5, 5.41) is 0. The Morgan fingerprint density at radius 1 is 1.41 bits per heavy atom. The lowest BCUT2D eigenvalue weighted by Crippen LogP contribution is -2.32. The Bertz CT molecular complexity index is 480. The smallest absolute Gasteiger partial charge is 0.182 e. The average Bonchev–Trinajstić information content (AvgIpc) is 2.83. The molecule has 0 spiro atoms. The van der Waals surface area contributed by atoms with Gasteiger partial charge in [-0.1, -0.05) is 6.92 Å². The first-order valence-corrected chi connectivity index (χ1v) is 5.85. The fraction of sp³-hybridized carbons (Fsp3) is 0.545. The fourth-order valence-corrected chi connectivity index (χ4v) is 1.81. The van der Waals surface area contributed by atoms with E-state index in [0.717, 1.165) is 24.4 Å². The van der Waals surface area contributed by atoms with Crippen molar-refractivity contribution in [3.63, 3.8) is 0 Å². The van der Waals surface area contributed by atoms with Gasteiger partial charge in [0.1, 0.15) is 11.8 Å². The van der Waals surface area contributed by atoms with Crippen molar-refractivity contribution in [3.05, 3.63) is 12.7 Å². The molecule has 1 unspecified atom stereocenters. The highest BCUT2D eigenvalue weighted by molar-refractivity contribution is 5.82. The van der Waals surface area contributed by atoms with Gasteiger partial charge in [0, 0.05) is 13.1 Å². The SMILES string of the molecule is CCN(CC(C)CN)c1ncnc2nc[nH]c12. The van der Waals surface area contributed by atoms with Crippen LogP contribution in [-0.2, 0) is 0 Å². The van der Waals surface area contributed by atoms with E-state index in [-0.39, 0.29) is 0 Å². The van der Waals surface area contributed by atoms with Gasteiger partial charge < -0.3 is 15.6 Å². The van der Waals surface area contributed by atoms with Gasteiger partial charge in [-0.25, -0.2) is 15.0 Å². The van der Waals surface area contributed by atoms with Crippen LogP contribution < -0.4 is 10.6 Å². The molecule has 2 aromatic heterocycles. The molecule has 0 fully saturated rings. The zero-order valence-corrected chi connectivity index (χ0v) is 10.2. The molecule has 6 nitrogen and oxygen atoms in total. The molecule has 0 radical (unpaired) electrons. The maximum Gasteiger partial charge on any atom is 0.182 e. The number of anilines is 1. The first-order chi connectivity index (χ1) is 8.26. The van der Waals surface area contributed by atoms with Crippen LogP contribution in [0.4, 0.5) is 5.82 Å². The van der Waals surface area contributed by atoms with Gasteiger partial charge >= 0.3 is 0 Å². The predicted octanol–water partition coefficient (Wildman–Crippen LogP) is 0.774. The maximum atomic E-state index is 5.67. The molecule has 0 saturated carbocycles. The average molecular weight is 234 g/mol. The van der Waals surface area contributed by atoms with Gasteiger partial charge in [0.05, 0.1) is 6.33 Å². The summed E-state index contributed by atoms with van der Waals surface area (Å²) in [6.45, 7) is 6.68. The second-order valence-electron chi connectivity index (χ2n) is 4.18. The van der Waals surface area contributed by atoms with Crippen molar-refractivity contribution in [2.45, 2.75) is 13.8 Å². The highest BCUT2D eigenvalue weighted by atomic mass is 15.2. The Hall–Kier alpha value is -1.69. The van der Waals surface area contributed by atoms with Crippen molar-refractivity contribution in [2.75, 3.05) is 24.5 Å². The molecule has 2 rings (SSSR count). The van der Waals surface area contributed by atoms with Crippen molar-refractivity contribution in [2.24, 2.45) is 11.7 Å². The number of aromatic nitrogens is 4. The summed E-state index contributed by atoms with van der Waals surface area (Å²) in [6, 6.07) is 0. The largest absolute Gasteiger partial charge is 0.355 e. The van der Waals surface area contributed by atoms with Crippen LogP contribution in [0.25, 0.3) is 11.2 Å². The van der Waals surface area contributed by atoms with E-state index < -0.39 is 0 Å². The quantitative estimate of drug-likeness (QED) is 0.798. The first kappa shape index (κ1) is 11.8. The molecular weight excluding hydrogens is 216 g/mol. The van der Waals surface area contributed by atoms with Crippen molar-refractivity contribution in [1.82, 2.24) is 19.9 Å². The van der Waals surface area contributed by atoms with E-state index in [1.54, 1.807) is 12.7 Å². The summed E-state index contributed by atoms with van der Waals surface area (Å²) in [5.74, 6) is 1.33. The molecular formula is C11H18N6. The lowest BCUT2D eigenvalue weighted by Gasteiger charge is -2.24. The monoisotopic (exact) mass is 234 g/mol.